The van der Waals surface area contributed by atoms with Gasteiger partial charge in [0.15, 0.2) is 0 Å². The van der Waals surface area contributed by atoms with E-state index in [1.807, 2.05) is 0 Å². The molecule has 1 aromatic heterocycles. The first-order chi connectivity index (χ1) is 9.47. The van der Waals surface area contributed by atoms with Crippen LogP contribution in [0.2, 0.25) is 0 Å². The third kappa shape index (κ3) is 3.30. The lowest BCUT2D eigenvalue weighted by atomic mass is 10.1. The number of benzene rings is 1. The Morgan fingerprint density at radius 1 is 1.35 bits per heavy atom. The Kier molecular flexibility index (Phi) is 4.29. The number of carbonyl (C=O) groups excluding carboxylic acids is 1. The summed E-state index contributed by atoms with van der Waals surface area (Å²) in [7, 11) is 1.53. The molecule has 0 amide bonds. The lowest BCUT2D eigenvalue weighted by molar-refractivity contribution is -0.111. The summed E-state index contributed by atoms with van der Waals surface area (Å²) in [5.41, 5.74) is 1.43. The molecule has 0 N–H and O–H groups in total. The minimum Gasteiger partial charge on any atom is -0.281 e. The van der Waals surface area contributed by atoms with Crippen LogP contribution < -0.4 is 5.56 Å². The topological polar surface area (TPSA) is 52.0 Å². The highest BCUT2D eigenvalue weighted by Gasteiger charge is 2.09. The number of carbonyl (C=O) groups is 1. The summed E-state index contributed by atoms with van der Waals surface area (Å²) in [5, 5.41) is 3.63. The third-order valence-electron chi connectivity index (χ3n) is 2.87. The van der Waals surface area contributed by atoms with Gasteiger partial charge in [0.25, 0.3) is 5.56 Å². The molecule has 20 heavy (non-hydrogen) atoms. The molecule has 0 aliphatic carbocycles. The Morgan fingerprint density at radius 3 is 2.60 bits per heavy atom. The predicted octanol–water partition coefficient (Wildman–Crippen LogP) is 2.28. The minimum absolute atomic E-state index is 0.0870. The Hall–Kier alpha value is -2.01. The van der Waals surface area contributed by atoms with Crippen LogP contribution in [0.4, 0.5) is 4.39 Å². The maximum atomic E-state index is 12.9. The van der Waals surface area contributed by atoms with Crippen LogP contribution in [0.25, 0.3) is 11.3 Å². The van der Waals surface area contributed by atoms with Crippen molar-refractivity contribution in [2.75, 3.05) is 0 Å². The zero-order valence-corrected chi connectivity index (χ0v) is 11.5. The molecule has 6 heteroatoms. The molecule has 0 atom stereocenters. The number of nitrogens with zero attached hydrogens (tertiary/aromatic N) is 2. The second kappa shape index (κ2) is 5.96. The van der Waals surface area contributed by atoms with Crippen LogP contribution in [0.5, 0.6) is 0 Å². The number of halogens is 2. The van der Waals surface area contributed by atoms with E-state index in [2.05, 4.69) is 5.10 Å². The number of aryl methyl sites for hydroxylation is 2. The second-order valence-electron chi connectivity index (χ2n) is 4.35. The van der Waals surface area contributed by atoms with Crippen molar-refractivity contribution in [2.24, 2.45) is 7.05 Å². The standard InChI is InChI=1S/C14H12ClFN2O2/c1-18-14(20)10(4-7-13(15)19)8-12(17-18)9-2-5-11(16)6-3-9/h2-3,5-6,8H,4,7H2,1H3. The van der Waals surface area contributed by atoms with Crippen molar-refractivity contribution in [3.8, 4) is 11.3 Å². The smallest absolute Gasteiger partial charge is 0.269 e. The lowest BCUT2D eigenvalue weighted by Crippen LogP contribution is -2.24. The highest BCUT2D eigenvalue weighted by molar-refractivity contribution is 6.63. The summed E-state index contributed by atoms with van der Waals surface area (Å²) < 4.78 is 14.1. The molecule has 1 heterocycles. The van der Waals surface area contributed by atoms with Gasteiger partial charge in [-0.25, -0.2) is 9.07 Å². The van der Waals surface area contributed by atoms with Gasteiger partial charge in [-0.15, -0.1) is 0 Å². The fraction of sp³-hybridized carbons (Fsp3) is 0.214. The quantitative estimate of drug-likeness (QED) is 0.813. The minimum atomic E-state index is -0.493. The average Bonchev–Trinajstić information content (AvgIpc) is 2.41. The van der Waals surface area contributed by atoms with Gasteiger partial charge >= 0.3 is 0 Å². The molecular weight excluding hydrogens is 283 g/mol. The molecule has 0 radical (unpaired) electrons. The van der Waals surface area contributed by atoms with Crippen molar-refractivity contribution < 1.29 is 9.18 Å². The van der Waals surface area contributed by atoms with Crippen molar-refractivity contribution in [3.63, 3.8) is 0 Å². The Balaban J connectivity index is 2.42. The van der Waals surface area contributed by atoms with Gasteiger partial charge in [-0.05, 0) is 48.4 Å². The summed E-state index contributed by atoms with van der Waals surface area (Å²) in [6, 6.07) is 7.42. The van der Waals surface area contributed by atoms with E-state index < -0.39 is 5.24 Å². The zero-order valence-electron chi connectivity index (χ0n) is 10.8. The van der Waals surface area contributed by atoms with Gasteiger partial charge in [0, 0.05) is 24.6 Å². The predicted molar refractivity (Wildman–Crippen MR) is 74.1 cm³/mol. The Morgan fingerprint density at radius 2 is 2.00 bits per heavy atom. The monoisotopic (exact) mass is 294 g/mol. The van der Waals surface area contributed by atoms with Crippen molar-refractivity contribution in [1.29, 1.82) is 0 Å². The van der Waals surface area contributed by atoms with Gasteiger partial charge in [-0.3, -0.25) is 9.59 Å². The molecule has 0 spiro atoms. The molecule has 1 aromatic carbocycles. The molecule has 0 bridgehead atoms. The lowest BCUT2D eigenvalue weighted by Gasteiger charge is -2.07. The molecule has 0 fully saturated rings. The van der Waals surface area contributed by atoms with E-state index in [-0.39, 0.29) is 24.2 Å². The van der Waals surface area contributed by atoms with Crippen LogP contribution in [0.1, 0.15) is 12.0 Å². The normalized spacial score (nSPS) is 10.6. The first kappa shape index (κ1) is 14.4. The van der Waals surface area contributed by atoms with E-state index >= 15 is 0 Å². The van der Waals surface area contributed by atoms with Gasteiger partial charge in [-0.2, -0.15) is 5.10 Å². The van der Waals surface area contributed by atoms with E-state index in [4.69, 9.17) is 11.6 Å². The highest BCUT2D eigenvalue weighted by Crippen LogP contribution is 2.17. The van der Waals surface area contributed by atoms with Gasteiger partial charge in [0.05, 0.1) is 5.69 Å². The van der Waals surface area contributed by atoms with Gasteiger partial charge in [0.2, 0.25) is 5.24 Å². The van der Waals surface area contributed by atoms with Crippen LogP contribution in [0.15, 0.2) is 35.1 Å². The molecule has 2 rings (SSSR count). The van der Waals surface area contributed by atoms with Crippen LogP contribution in [-0.4, -0.2) is 15.0 Å². The maximum absolute atomic E-state index is 12.9. The molecule has 0 aliphatic heterocycles. The fourth-order valence-corrected chi connectivity index (χ4v) is 1.94. The molecule has 0 saturated carbocycles. The molecule has 104 valence electrons. The van der Waals surface area contributed by atoms with E-state index in [9.17, 15) is 14.0 Å². The summed E-state index contributed by atoms with van der Waals surface area (Å²) in [6.07, 6.45) is 0.343. The third-order valence-corrected chi connectivity index (χ3v) is 3.06. The first-order valence-corrected chi connectivity index (χ1v) is 6.36. The zero-order chi connectivity index (χ0) is 14.7. The van der Waals surface area contributed by atoms with Gasteiger partial charge < -0.3 is 0 Å². The van der Waals surface area contributed by atoms with Gasteiger partial charge in [-0.1, -0.05) is 0 Å². The Labute approximate surface area is 119 Å². The Bertz CT molecular complexity index is 695. The second-order valence-corrected chi connectivity index (χ2v) is 4.77. The van der Waals surface area contributed by atoms with Crippen LogP contribution in [-0.2, 0) is 18.3 Å². The van der Waals surface area contributed by atoms with Crippen molar-refractivity contribution >= 4 is 16.8 Å². The first-order valence-electron chi connectivity index (χ1n) is 5.99. The fourth-order valence-electron chi connectivity index (χ4n) is 1.84. The van der Waals surface area contributed by atoms with Crippen LogP contribution in [0, 0.1) is 5.82 Å². The maximum Gasteiger partial charge on any atom is 0.269 e. The SMILES string of the molecule is Cn1nc(-c2ccc(F)cc2)cc(CCC(=O)Cl)c1=O. The molecule has 2 aromatic rings. The largest absolute Gasteiger partial charge is 0.281 e. The molecule has 0 saturated heterocycles. The number of rotatable bonds is 4. The molecule has 0 aliphatic rings. The van der Waals surface area contributed by atoms with E-state index in [1.54, 1.807) is 18.2 Å². The van der Waals surface area contributed by atoms with Crippen LogP contribution in [0.3, 0.4) is 0 Å². The molecule has 0 unspecified atom stereocenters. The number of hydrogen-bond donors (Lipinski definition) is 0. The number of hydrogen-bond acceptors (Lipinski definition) is 3. The summed E-state index contributed by atoms with van der Waals surface area (Å²) in [4.78, 5) is 22.7. The summed E-state index contributed by atoms with van der Waals surface area (Å²) in [6.45, 7) is 0. The molecular formula is C14H12ClFN2O2. The van der Waals surface area contributed by atoms with E-state index in [0.717, 1.165) is 0 Å². The number of aromatic nitrogens is 2. The highest BCUT2D eigenvalue weighted by atomic mass is 35.5. The summed E-state index contributed by atoms with van der Waals surface area (Å²) in [5.74, 6) is -0.341. The van der Waals surface area contributed by atoms with Crippen LogP contribution >= 0.6 is 11.6 Å². The average molecular weight is 295 g/mol. The van der Waals surface area contributed by atoms with E-state index in [0.29, 0.717) is 16.8 Å². The van der Waals surface area contributed by atoms with Crippen molar-refractivity contribution in [2.45, 2.75) is 12.8 Å². The van der Waals surface area contributed by atoms with Crippen molar-refractivity contribution in [1.82, 2.24) is 9.78 Å². The van der Waals surface area contributed by atoms with E-state index in [1.165, 1.54) is 23.9 Å². The van der Waals surface area contributed by atoms with Gasteiger partial charge in [0.1, 0.15) is 5.82 Å². The summed E-state index contributed by atoms with van der Waals surface area (Å²) >= 11 is 5.29. The van der Waals surface area contributed by atoms with Crippen molar-refractivity contribution in [3.05, 3.63) is 52.1 Å². The molecule has 4 nitrogen and oxygen atoms in total.